The number of amides is 1. The van der Waals surface area contributed by atoms with Gasteiger partial charge in [-0.15, -0.1) is 0 Å². The lowest BCUT2D eigenvalue weighted by Gasteiger charge is -2.33. The zero-order valence-corrected chi connectivity index (χ0v) is 13.7. The van der Waals surface area contributed by atoms with Crippen molar-refractivity contribution in [2.24, 2.45) is 5.92 Å². The first-order valence-electron chi connectivity index (χ1n) is 7.89. The Hall–Kier alpha value is -2.07. The van der Waals surface area contributed by atoms with E-state index in [-0.39, 0.29) is 11.8 Å². The largest absolute Gasteiger partial charge is 0.371 e. The molecular weight excluding hydrogens is 310 g/mol. The van der Waals surface area contributed by atoms with Crippen LogP contribution in [0.15, 0.2) is 48.8 Å². The van der Waals surface area contributed by atoms with Crippen LogP contribution in [0.25, 0.3) is 0 Å². The number of nitrogens with zero attached hydrogens (tertiary/aromatic N) is 2. The Labute approximate surface area is 141 Å². The van der Waals surface area contributed by atoms with Crippen LogP contribution in [0.2, 0.25) is 5.02 Å². The van der Waals surface area contributed by atoms with Crippen molar-refractivity contribution in [1.82, 2.24) is 10.3 Å². The summed E-state index contributed by atoms with van der Waals surface area (Å²) in [5.74, 6) is 0.236. The predicted octanol–water partition coefficient (Wildman–Crippen LogP) is 3.27. The molecule has 0 atom stereocenters. The lowest BCUT2D eigenvalue weighted by atomic mass is 9.95. The molecule has 2 aromatic rings. The van der Waals surface area contributed by atoms with E-state index in [1.54, 1.807) is 12.4 Å². The molecule has 1 N–H and O–H groups in total. The summed E-state index contributed by atoms with van der Waals surface area (Å²) in [6.45, 7) is 2.33. The molecule has 1 aliphatic rings. The number of benzene rings is 1. The van der Waals surface area contributed by atoms with Gasteiger partial charge in [0, 0.05) is 48.7 Å². The minimum absolute atomic E-state index is 0.0901. The van der Waals surface area contributed by atoms with Gasteiger partial charge in [0.2, 0.25) is 5.91 Å². The molecule has 23 heavy (non-hydrogen) atoms. The molecule has 1 aromatic heterocycles. The highest BCUT2D eigenvalue weighted by Crippen LogP contribution is 2.25. The second-order valence-electron chi connectivity index (χ2n) is 5.81. The number of halogens is 1. The summed E-state index contributed by atoms with van der Waals surface area (Å²) < 4.78 is 0. The maximum Gasteiger partial charge on any atom is 0.223 e. The molecule has 1 aliphatic heterocycles. The molecule has 120 valence electrons. The molecule has 0 unspecified atom stereocenters. The normalized spacial score (nSPS) is 15.4. The molecule has 1 saturated heterocycles. The van der Waals surface area contributed by atoms with Gasteiger partial charge in [-0.25, -0.2) is 0 Å². The van der Waals surface area contributed by atoms with E-state index in [9.17, 15) is 4.79 Å². The maximum atomic E-state index is 12.3. The number of pyridine rings is 1. The van der Waals surface area contributed by atoms with E-state index in [2.05, 4.69) is 21.3 Å². The molecule has 0 radical (unpaired) electrons. The molecule has 3 rings (SSSR count). The van der Waals surface area contributed by atoms with Crippen molar-refractivity contribution in [1.29, 1.82) is 0 Å². The monoisotopic (exact) mass is 329 g/mol. The minimum Gasteiger partial charge on any atom is -0.371 e. The molecule has 1 aromatic carbocycles. The number of carbonyl (C=O) groups excluding carboxylic acids is 1. The number of rotatable bonds is 4. The highest BCUT2D eigenvalue weighted by molar-refractivity contribution is 6.30. The van der Waals surface area contributed by atoms with E-state index in [0.29, 0.717) is 6.54 Å². The van der Waals surface area contributed by atoms with E-state index < -0.39 is 0 Å². The third kappa shape index (κ3) is 4.23. The third-order valence-corrected chi connectivity index (χ3v) is 4.49. The van der Waals surface area contributed by atoms with Gasteiger partial charge in [0.25, 0.3) is 0 Å². The number of carbonyl (C=O) groups is 1. The van der Waals surface area contributed by atoms with Gasteiger partial charge in [0.15, 0.2) is 0 Å². The summed E-state index contributed by atoms with van der Waals surface area (Å²) in [5.41, 5.74) is 2.21. The Morgan fingerprint density at radius 3 is 2.65 bits per heavy atom. The molecule has 5 heteroatoms. The second-order valence-corrected chi connectivity index (χ2v) is 6.25. The Kier molecular flexibility index (Phi) is 5.13. The smallest absolute Gasteiger partial charge is 0.223 e. The summed E-state index contributed by atoms with van der Waals surface area (Å²) in [6, 6.07) is 11.7. The number of piperidine rings is 1. The molecule has 2 heterocycles. The fraction of sp³-hybridized carbons (Fsp3) is 0.333. The van der Waals surface area contributed by atoms with Crippen LogP contribution in [0.1, 0.15) is 18.4 Å². The van der Waals surface area contributed by atoms with Crippen LogP contribution < -0.4 is 10.2 Å². The summed E-state index contributed by atoms with van der Waals surface area (Å²) >= 11 is 6.05. The zero-order valence-electron chi connectivity index (χ0n) is 12.9. The van der Waals surface area contributed by atoms with Crippen LogP contribution in [0.5, 0.6) is 0 Å². The lowest BCUT2D eigenvalue weighted by molar-refractivity contribution is -0.125. The van der Waals surface area contributed by atoms with Gasteiger partial charge in [-0.2, -0.15) is 0 Å². The average Bonchev–Trinajstić information content (AvgIpc) is 2.61. The number of anilines is 1. The molecule has 0 aliphatic carbocycles. The highest BCUT2D eigenvalue weighted by atomic mass is 35.5. The van der Waals surface area contributed by atoms with Gasteiger partial charge < -0.3 is 10.2 Å². The summed E-state index contributed by atoms with van der Waals surface area (Å²) in [4.78, 5) is 18.6. The summed E-state index contributed by atoms with van der Waals surface area (Å²) in [7, 11) is 0. The average molecular weight is 330 g/mol. The molecule has 0 saturated carbocycles. The fourth-order valence-corrected chi connectivity index (χ4v) is 3.09. The topological polar surface area (TPSA) is 45.2 Å². The quantitative estimate of drug-likeness (QED) is 0.936. The highest BCUT2D eigenvalue weighted by Gasteiger charge is 2.24. The van der Waals surface area contributed by atoms with Gasteiger partial charge in [0.05, 0.1) is 0 Å². The molecule has 0 bridgehead atoms. The van der Waals surface area contributed by atoms with Crippen LogP contribution >= 0.6 is 11.6 Å². The molecule has 1 amide bonds. The van der Waals surface area contributed by atoms with E-state index in [4.69, 9.17) is 11.6 Å². The zero-order chi connectivity index (χ0) is 16.1. The van der Waals surface area contributed by atoms with Crippen LogP contribution in [-0.2, 0) is 11.3 Å². The van der Waals surface area contributed by atoms with Crippen molar-refractivity contribution in [3.8, 4) is 0 Å². The Bertz CT molecular complexity index is 654. The number of hydrogen-bond acceptors (Lipinski definition) is 3. The van der Waals surface area contributed by atoms with E-state index in [1.807, 2.05) is 30.3 Å². The first-order chi connectivity index (χ1) is 11.2. The van der Waals surface area contributed by atoms with Gasteiger partial charge in [0.1, 0.15) is 0 Å². The standard InChI is InChI=1S/C18H20ClN3O/c19-16-2-1-3-17(12-16)22-10-6-15(7-11-22)18(23)21-13-14-4-8-20-9-5-14/h1-5,8-9,12,15H,6-7,10-11,13H2,(H,21,23). The Morgan fingerprint density at radius 2 is 1.96 bits per heavy atom. The van der Waals surface area contributed by atoms with E-state index >= 15 is 0 Å². The summed E-state index contributed by atoms with van der Waals surface area (Å²) in [6.07, 6.45) is 5.22. The van der Waals surface area contributed by atoms with Crippen LogP contribution in [0.4, 0.5) is 5.69 Å². The fourth-order valence-electron chi connectivity index (χ4n) is 2.91. The molecule has 0 spiro atoms. The SMILES string of the molecule is O=C(NCc1ccncc1)C1CCN(c2cccc(Cl)c2)CC1. The van der Waals surface area contributed by atoms with Crippen LogP contribution in [0, 0.1) is 5.92 Å². The second kappa shape index (κ2) is 7.47. The van der Waals surface area contributed by atoms with E-state index in [1.165, 1.54) is 0 Å². The number of nitrogens with one attached hydrogen (secondary N) is 1. The minimum atomic E-state index is 0.0901. The molecule has 4 nitrogen and oxygen atoms in total. The van der Waals surface area contributed by atoms with E-state index in [0.717, 1.165) is 42.2 Å². The van der Waals surface area contributed by atoms with Crippen LogP contribution in [0.3, 0.4) is 0 Å². The van der Waals surface area contributed by atoms with Gasteiger partial charge in [-0.1, -0.05) is 17.7 Å². The lowest BCUT2D eigenvalue weighted by Crippen LogP contribution is -2.40. The first-order valence-corrected chi connectivity index (χ1v) is 8.27. The number of aromatic nitrogens is 1. The van der Waals surface area contributed by atoms with Crippen molar-refractivity contribution in [2.75, 3.05) is 18.0 Å². The van der Waals surface area contributed by atoms with Crippen molar-refractivity contribution in [2.45, 2.75) is 19.4 Å². The van der Waals surface area contributed by atoms with Gasteiger partial charge >= 0.3 is 0 Å². The first kappa shape index (κ1) is 15.8. The van der Waals surface area contributed by atoms with Crippen molar-refractivity contribution in [3.05, 3.63) is 59.4 Å². The van der Waals surface area contributed by atoms with Gasteiger partial charge in [-0.05, 0) is 48.7 Å². The Balaban J connectivity index is 1.49. The third-order valence-electron chi connectivity index (χ3n) is 4.26. The molecular formula is C18H20ClN3O. The van der Waals surface area contributed by atoms with Gasteiger partial charge in [-0.3, -0.25) is 9.78 Å². The maximum absolute atomic E-state index is 12.3. The van der Waals surface area contributed by atoms with Crippen LogP contribution in [-0.4, -0.2) is 24.0 Å². The number of hydrogen-bond donors (Lipinski definition) is 1. The van der Waals surface area contributed by atoms with Crippen molar-refractivity contribution in [3.63, 3.8) is 0 Å². The molecule has 1 fully saturated rings. The van der Waals surface area contributed by atoms with Crippen molar-refractivity contribution >= 4 is 23.2 Å². The Morgan fingerprint density at radius 1 is 1.22 bits per heavy atom. The predicted molar refractivity (Wildman–Crippen MR) is 92.5 cm³/mol. The summed E-state index contributed by atoms with van der Waals surface area (Å²) in [5, 5.41) is 3.78. The van der Waals surface area contributed by atoms with Crippen molar-refractivity contribution < 1.29 is 4.79 Å².